The predicted molar refractivity (Wildman–Crippen MR) is 117 cm³/mol. The van der Waals surface area contributed by atoms with Gasteiger partial charge in [-0.1, -0.05) is 38.3 Å². The molecule has 31 heavy (non-hydrogen) atoms. The topological polar surface area (TPSA) is 91.3 Å². The SMILES string of the molecule is Cc1c(C(=O)Nc2c(C)n(C)n(C3CCCCC3)c2=O)noc1[C@H]1CCC(C)(C)CO1. The van der Waals surface area contributed by atoms with Crippen LogP contribution in [0, 0.1) is 19.3 Å². The van der Waals surface area contributed by atoms with E-state index in [0.29, 0.717) is 23.6 Å². The van der Waals surface area contributed by atoms with Crippen molar-refractivity contribution in [3.8, 4) is 0 Å². The minimum absolute atomic E-state index is 0.147. The molecular weight excluding hydrogens is 396 g/mol. The zero-order valence-electron chi connectivity index (χ0n) is 19.3. The first-order valence-electron chi connectivity index (χ1n) is 11.4. The Balaban J connectivity index is 1.54. The molecule has 3 heterocycles. The van der Waals surface area contributed by atoms with Gasteiger partial charge in [-0.15, -0.1) is 0 Å². The van der Waals surface area contributed by atoms with Crippen LogP contribution in [0.3, 0.4) is 0 Å². The van der Waals surface area contributed by atoms with Crippen molar-refractivity contribution < 1.29 is 14.1 Å². The van der Waals surface area contributed by atoms with Gasteiger partial charge in [0, 0.05) is 12.6 Å². The molecule has 8 nitrogen and oxygen atoms in total. The molecule has 0 aromatic carbocycles. The number of carbonyl (C=O) groups excluding carboxylic acids is 1. The first kappa shape index (κ1) is 21.9. The van der Waals surface area contributed by atoms with E-state index in [-0.39, 0.29) is 28.8 Å². The van der Waals surface area contributed by atoms with E-state index in [9.17, 15) is 9.59 Å². The van der Waals surface area contributed by atoms with Crippen molar-refractivity contribution in [3.63, 3.8) is 0 Å². The van der Waals surface area contributed by atoms with E-state index < -0.39 is 5.91 Å². The highest BCUT2D eigenvalue weighted by Gasteiger charge is 2.33. The Morgan fingerprint density at radius 2 is 1.87 bits per heavy atom. The fraction of sp³-hybridized carbons (Fsp3) is 0.696. The third-order valence-corrected chi connectivity index (χ3v) is 6.98. The van der Waals surface area contributed by atoms with Gasteiger partial charge in [0.05, 0.1) is 18.3 Å². The van der Waals surface area contributed by atoms with Gasteiger partial charge in [-0.25, -0.2) is 4.68 Å². The first-order chi connectivity index (χ1) is 14.7. The first-order valence-corrected chi connectivity index (χ1v) is 11.4. The van der Waals surface area contributed by atoms with E-state index in [4.69, 9.17) is 9.26 Å². The molecule has 170 valence electrons. The molecule has 8 heteroatoms. The van der Waals surface area contributed by atoms with E-state index in [1.807, 2.05) is 25.6 Å². The third-order valence-electron chi connectivity index (χ3n) is 6.98. The Kier molecular flexibility index (Phi) is 5.85. The summed E-state index contributed by atoms with van der Waals surface area (Å²) in [5.74, 6) is 0.176. The minimum atomic E-state index is -0.426. The highest BCUT2D eigenvalue weighted by atomic mass is 16.5. The summed E-state index contributed by atoms with van der Waals surface area (Å²) in [5.41, 5.74) is 1.92. The van der Waals surface area contributed by atoms with Gasteiger partial charge in [0.1, 0.15) is 11.8 Å². The molecule has 2 aromatic heterocycles. The van der Waals surface area contributed by atoms with Crippen molar-refractivity contribution in [1.82, 2.24) is 14.5 Å². The lowest BCUT2D eigenvalue weighted by molar-refractivity contribution is -0.0609. The summed E-state index contributed by atoms with van der Waals surface area (Å²) < 4.78 is 15.2. The van der Waals surface area contributed by atoms with E-state index in [2.05, 4.69) is 24.3 Å². The number of nitrogens with one attached hydrogen (secondary N) is 1. The van der Waals surface area contributed by atoms with Crippen LogP contribution in [0.5, 0.6) is 0 Å². The van der Waals surface area contributed by atoms with Gasteiger partial charge >= 0.3 is 0 Å². The fourth-order valence-corrected chi connectivity index (χ4v) is 4.85. The molecule has 1 aliphatic heterocycles. The number of rotatable bonds is 4. The van der Waals surface area contributed by atoms with Crippen molar-refractivity contribution in [2.24, 2.45) is 12.5 Å². The number of anilines is 1. The highest BCUT2D eigenvalue weighted by molar-refractivity contribution is 6.04. The Labute approximate surface area is 182 Å². The van der Waals surface area contributed by atoms with Crippen molar-refractivity contribution in [2.45, 2.75) is 84.8 Å². The lowest BCUT2D eigenvalue weighted by atomic mass is 9.84. The number of carbonyl (C=O) groups is 1. The monoisotopic (exact) mass is 430 g/mol. The van der Waals surface area contributed by atoms with Crippen molar-refractivity contribution in [2.75, 3.05) is 11.9 Å². The molecule has 2 fully saturated rings. The molecule has 1 saturated heterocycles. The molecule has 0 unspecified atom stereocenters. The van der Waals surface area contributed by atoms with E-state index in [0.717, 1.165) is 44.2 Å². The van der Waals surface area contributed by atoms with Crippen molar-refractivity contribution >= 4 is 11.6 Å². The minimum Gasteiger partial charge on any atom is -0.370 e. The number of hydrogen-bond donors (Lipinski definition) is 1. The summed E-state index contributed by atoms with van der Waals surface area (Å²) in [4.78, 5) is 26.1. The standard InChI is InChI=1S/C23H34N4O4/c1-14-18(25-31-20(14)17-11-12-23(3,4)13-30-17)21(28)24-19-15(2)26(5)27(22(19)29)16-9-7-6-8-10-16/h16-17H,6-13H2,1-5H3,(H,24,28)/t17-/m1/s1. The number of amides is 1. The number of nitrogens with zero attached hydrogens (tertiary/aromatic N) is 3. The van der Waals surface area contributed by atoms with E-state index in [1.54, 1.807) is 4.68 Å². The lowest BCUT2D eigenvalue weighted by Crippen LogP contribution is -2.29. The number of aromatic nitrogens is 3. The number of hydrogen-bond acceptors (Lipinski definition) is 5. The van der Waals surface area contributed by atoms with Gasteiger partial charge in [-0.3, -0.25) is 14.3 Å². The molecule has 1 atom stereocenters. The van der Waals surface area contributed by atoms with Gasteiger partial charge in [-0.05, 0) is 44.9 Å². The Hall–Kier alpha value is -2.35. The van der Waals surface area contributed by atoms with Crippen LogP contribution in [0.15, 0.2) is 9.32 Å². The summed E-state index contributed by atoms with van der Waals surface area (Å²) in [6, 6.07) is 0.184. The second-order valence-electron chi connectivity index (χ2n) is 9.90. The molecule has 2 aliphatic rings. The van der Waals surface area contributed by atoms with Crippen LogP contribution in [0.25, 0.3) is 0 Å². The molecule has 1 saturated carbocycles. The Morgan fingerprint density at radius 3 is 2.52 bits per heavy atom. The van der Waals surface area contributed by atoms with Gasteiger partial charge in [0.25, 0.3) is 11.5 Å². The second kappa shape index (κ2) is 8.30. The van der Waals surface area contributed by atoms with Gasteiger partial charge in [0.15, 0.2) is 11.5 Å². The average Bonchev–Trinajstić information content (AvgIpc) is 3.22. The maximum Gasteiger partial charge on any atom is 0.291 e. The average molecular weight is 431 g/mol. The Bertz CT molecular complexity index is 1010. The summed E-state index contributed by atoms with van der Waals surface area (Å²) >= 11 is 0. The summed E-state index contributed by atoms with van der Waals surface area (Å²) in [6.07, 6.45) is 7.12. The van der Waals surface area contributed by atoms with E-state index in [1.165, 1.54) is 6.42 Å². The molecular formula is C23H34N4O4. The molecule has 4 rings (SSSR count). The maximum absolute atomic E-state index is 13.1. The fourth-order valence-electron chi connectivity index (χ4n) is 4.85. The molecule has 0 bridgehead atoms. The summed E-state index contributed by atoms with van der Waals surface area (Å²) in [5, 5.41) is 6.83. The molecule has 0 radical (unpaired) electrons. The van der Waals surface area contributed by atoms with Crippen LogP contribution >= 0.6 is 0 Å². The normalized spacial score (nSPS) is 21.9. The van der Waals surface area contributed by atoms with Gasteiger partial charge in [-0.2, -0.15) is 0 Å². The van der Waals surface area contributed by atoms with Crippen molar-refractivity contribution in [1.29, 1.82) is 0 Å². The molecule has 1 amide bonds. The lowest BCUT2D eigenvalue weighted by Gasteiger charge is -2.33. The Morgan fingerprint density at radius 1 is 1.16 bits per heavy atom. The smallest absolute Gasteiger partial charge is 0.291 e. The van der Waals surface area contributed by atoms with Crippen LogP contribution in [-0.2, 0) is 11.8 Å². The molecule has 2 aromatic rings. The third kappa shape index (κ3) is 4.10. The number of ether oxygens (including phenoxy) is 1. The van der Waals surface area contributed by atoms with Crippen LogP contribution < -0.4 is 10.9 Å². The summed E-state index contributed by atoms with van der Waals surface area (Å²) in [6.45, 7) is 8.68. The molecule has 1 N–H and O–H groups in total. The van der Waals surface area contributed by atoms with E-state index >= 15 is 0 Å². The maximum atomic E-state index is 13.1. The second-order valence-corrected chi connectivity index (χ2v) is 9.90. The predicted octanol–water partition coefficient (Wildman–Crippen LogP) is 4.43. The van der Waals surface area contributed by atoms with Crippen LogP contribution in [-0.4, -0.2) is 27.0 Å². The highest BCUT2D eigenvalue weighted by Crippen LogP contribution is 2.38. The zero-order valence-corrected chi connectivity index (χ0v) is 19.3. The quantitative estimate of drug-likeness (QED) is 0.775. The van der Waals surface area contributed by atoms with Crippen LogP contribution in [0.2, 0.25) is 0 Å². The van der Waals surface area contributed by atoms with Gasteiger partial charge < -0.3 is 14.6 Å². The molecule has 0 spiro atoms. The largest absolute Gasteiger partial charge is 0.370 e. The molecule has 1 aliphatic carbocycles. The summed E-state index contributed by atoms with van der Waals surface area (Å²) in [7, 11) is 1.88. The zero-order chi connectivity index (χ0) is 22.3. The van der Waals surface area contributed by atoms with Gasteiger partial charge in [0.2, 0.25) is 0 Å². The van der Waals surface area contributed by atoms with Crippen LogP contribution in [0.4, 0.5) is 5.69 Å². The van der Waals surface area contributed by atoms with Crippen molar-refractivity contribution in [3.05, 3.63) is 33.1 Å². The van der Waals surface area contributed by atoms with Crippen LogP contribution in [0.1, 0.15) is 98.4 Å².